The molecule has 0 N–H and O–H groups in total. The second-order valence-electron chi connectivity index (χ2n) is 6.05. The third kappa shape index (κ3) is 3.35. The number of rotatable bonds is 3. The molecule has 0 atom stereocenters. The first-order valence-corrected chi connectivity index (χ1v) is 6.96. The molecule has 20 heavy (non-hydrogen) atoms. The zero-order valence-electron chi connectivity index (χ0n) is 11.9. The van der Waals surface area contributed by atoms with E-state index in [0.29, 0.717) is 18.6 Å². The first-order valence-electron chi connectivity index (χ1n) is 6.96. The molecule has 1 saturated carbocycles. The molecule has 0 bridgehead atoms. The molecule has 2 nitrogen and oxygen atoms in total. The van der Waals surface area contributed by atoms with Crippen molar-refractivity contribution < 1.29 is 18.3 Å². The lowest BCUT2D eigenvalue weighted by molar-refractivity contribution is -0.150. The standard InChI is InChI=1S/C16H20F2O2/c1-15(2,12-8-10-16(17,18)11-9-12)14(19)20-13-6-4-3-5-7-13/h3-7,12H,8-11H2,1-2H3. The van der Waals surface area contributed by atoms with Crippen molar-refractivity contribution in [1.82, 2.24) is 0 Å². The molecule has 1 aromatic rings. The Hall–Kier alpha value is -1.45. The number of halogens is 2. The molecule has 0 radical (unpaired) electrons. The molecule has 0 heterocycles. The van der Waals surface area contributed by atoms with Gasteiger partial charge in [0.2, 0.25) is 5.92 Å². The molecule has 0 spiro atoms. The molecule has 110 valence electrons. The van der Waals surface area contributed by atoms with Crippen LogP contribution in [-0.4, -0.2) is 11.9 Å². The van der Waals surface area contributed by atoms with Crippen molar-refractivity contribution in [1.29, 1.82) is 0 Å². The Labute approximate surface area is 118 Å². The van der Waals surface area contributed by atoms with Crippen molar-refractivity contribution in [2.75, 3.05) is 0 Å². The SMILES string of the molecule is CC(C)(C(=O)Oc1ccccc1)C1CCC(F)(F)CC1. The van der Waals surface area contributed by atoms with Gasteiger partial charge in [0.25, 0.3) is 0 Å². The number of para-hydroxylation sites is 1. The molecule has 1 aromatic carbocycles. The number of esters is 1. The maximum atomic E-state index is 13.2. The van der Waals surface area contributed by atoms with Gasteiger partial charge < -0.3 is 4.74 Å². The summed E-state index contributed by atoms with van der Waals surface area (Å²) in [5.41, 5.74) is -0.744. The average molecular weight is 282 g/mol. The summed E-state index contributed by atoms with van der Waals surface area (Å²) in [6, 6.07) is 8.84. The molecule has 4 heteroatoms. The van der Waals surface area contributed by atoms with Crippen LogP contribution in [0.2, 0.25) is 0 Å². The number of benzene rings is 1. The van der Waals surface area contributed by atoms with Gasteiger partial charge in [0, 0.05) is 12.8 Å². The van der Waals surface area contributed by atoms with Crippen LogP contribution in [-0.2, 0) is 4.79 Å². The minimum Gasteiger partial charge on any atom is -0.426 e. The maximum absolute atomic E-state index is 13.2. The number of carbonyl (C=O) groups is 1. The van der Waals surface area contributed by atoms with Gasteiger partial charge in [-0.1, -0.05) is 18.2 Å². The smallest absolute Gasteiger partial charge is 0.317 e. The topological polar surface area (TPSA) is 26.3 Å². The molecule has 0 aromatic heterocycles. The van der Waals surface area contributed by atoms with Crippen molar-refractivity contribution in [2.45, 2.75) is 45.5 Å². The summed E-state index contributed by atoms with van der Waals surface area (Å²) in [5.74, 6) is -2.49. The minimum absolute atomic E-state index is 0.0571. The Morgan fingerprint density at radius 3 is 2.30 bits per heavy atom. The van der Waals surface area contributed by atoms with E-state index in [1.165, 1.54) is 0 Å². The highest BCUT2D eigenvalue weighted by Crippen LogP contribution is 2.44. The van der Waals surface area contributed by atoms with E-state index in [-0.39, 0.29) is 24.7 Å². The highest BCUT2D eigenvalue weighted by atomic mass is 19.3. The van der Waals surface area contributed by atoms with Gasteiger partial charge in [-0.3, -0.25) is 4.79 Å². The molecular formula is C16H20F2O2. The van der Waals surface area contributed by atoms with Gasteiger partial charge in [0.05, 0.1) is 5.41 Å². The van der Waals surface area contributed by atoms with Crippen molar-refractivity contribution in [3.8, 4) is 5.75 Å². The highest BCUT2D eigenvalue weighted by Gasteiger charge is 2.44. The quantitative estimate of drug-likeness (QED) is 0.605. The summed E-state index contributed by atoms with van der Waals surface area (Å²) in [5, 5.41) is 0. The molecule has 0 aliphatic heterocycles. The fourth-order valence-corrected chi connectivity index (χ4v) is 2.66. The van der Waals surface area contributed by atoms with E-state index >= 15 is 0 Å². The molecule has 1 fully saturated rings. The van der Waals surface area contributed by atoms with Gasteiger partial charge in [0.15, 0.2) is 0 Å². The van der Waals surface area contributed by atoms with Crippen molar-refractivity contribution in [2.24, 2.45) is 11.3 Å². The van der Waals surface area contributed by atoms with Crippen molar-refractivity contribution >= 4 is 5.97 Å². The Balaban J connectivity index is 2.01. The molecule has 1 aliphatic rings. The Morgan fingerprint density at radius 2 is 1.75 bits per heavy atom. The van der Waals surface area contributed by atoms with Crippen LogP contribution in [0, 0.1) is 11.3 Å². The number of ether oxygens (including phenoxy) is 1. The molecule has 2 rings (SSSR count). The first-order chi connectivity index (χ1) is 9.31. The average Bonchev–Trinajstić information content (AvgIpc) is 2.39. The van der Waals surface area contributed by atoms with Crippen LogP contribution in [0.25, 0.3) is 0 Å². The summed E-state index contributed by atoms with van der Waals surface area (Å²) >= 11 is 0. The van der Waals surface area contributed by atoms with E-state index in [1.807, 2.05) is 6.07 Å². The van der Waals surface area contributed by atoms with Crippen molar-refractivity contribution in [3.05, 3.63) is 30.3 Å². The number of hydrogen-bond acceptors (Lipinski definition) is 2. The van der Waals surface area contributed by atoms with E-state index in [0.717, 1.165) is 0 Å². The second-order valence-corrected chi connectivity index (χ2v) is 6.05. The van der Waals surface area contributed by atoms with E-state index < -0.39 is 11.3 Å². The molecule has 0 unspecified atom stereocenters. The monoisotopic (exact) mass is 282 g/mol. The van der Waals surface area contributed by atoms with Gasteiger partial charge in [-0.25, -0.2) is 8.78 Å². The zero-order chi connectivity index (χ0) is 14.8. The van der Waals surface area contributed by atoms with Gasteiger partial charge in [0.1, 0.15) is 5.75 Å². The third-order valence-corrected chi connectivity index (χ3v) is 4.22. The maximum Gasteiger partial charge on any atom is 0.317 e. The number of hydrogen-bond donors (Lipinski definition) is 0. The van der Waals surface area contributed by atoms with Crippen LogP contribution in [0.5, 0.6) is 5.75 Å². The second kappa shape index (κ2) is 5.51. The zero-order valence-corrected chi connectivity index (χ0v) is 11.9. The van der Waals surface area contributed by atoms with E-state index in [1.54, 1.807) is 38.1 Å². The minimum atomic E-state index is -2.57. The predicted octanol–water partition coefficient (Wildman–Crippen LogP) is 4.44. The summed E-state index contributed by atoms with van der Waals surface area (Å²) in [7, 11) is 0. The third-order valence-electron chi connectivity index (χ3n) is 4.22. The summed E-state index contributed by atoms with van der Waals surface area (Å²) < 4.78 is 31.8. The van der Waals surface area contributed by atoms with Crippen molar-refractivity contribution in [3.63, 3.8) is 0 Å². The summed E-state index contributed by atoms with van der Waals surface area (Å²) in [6.07, 6.45) is 0.452. The van der Waals surface area contributed by atoms with Crippen LogP contribution >= 0.6 is 0 Å². The fourth-order valence-electron chi connectivity index (χ4n) is 2.66. The van der Waals surface area contributed by atoms with Gasteiger partial charge >= 0.3 is 5.97 Å². The number of alkyl halides is 2. The lowest BCUT2D eigenvalue weighted by atomic mass is 9.70. The largest absolute Gasteiger partial charge is 0.426 e. The van der Waals surface area contributed by atoms with Gasteiger partial charge in [-0.05, 0) is 44.7 Å². The van der Waals surface area contributed by atoms with Crippen LogP contribution in [0.3, 0.4) is 0 Å². The molecule has 0 amide bonds. The molecular weight excluding hydrogens is 262 g/mol. The highest BCUT2D eigenvalue weighted by molar-refractivity contribution is 5.78. The van der Waals surface area contributed by atoms with E-state index in [2.05, 4.69) is 0 Å². The molecule has 0 saturated heterocycles. The van der Waals surface area contributed by atoms with Crippen LogP contribution in [0.15, 0.2) is 30.3 Å². The summed E-state index contributed by atoms with van der Waals surface area (Å²) in [6.45, 7) is 3.57. The van der Waals surface area contributed by atoms with E-state index in [4.69, 9.17) is 4.74 Å². The van der Waals surface area contributed by atoms with E-state index in [9.17, 15) is 13.6 Å². The van der Waals surface area contributed by atoms with Crippen LogP contribution < -0.4 is 4.74 Å². The Morgan fingerprint density at radius 1 is 1.20 bits per heavy atom. The van der Waals surface area contributed by atoms with Gasteiger partial charge in [-0.15, -0.1) is 0 Å². The summed E-state index contributed by atoms with van der Waals surface area (Å²) in [4.78, 5) is 12.3. The lowest BCUT2D eigenvalue weighted by Gasteiger charge is -2.37. The fraction of sp³-hybridized carbons (Fsp3) is 0.562. The Kier molecular flexibility index (Phi) is 4.11. The Bertz CT molecular complexity index is 459. The normalized spacial score (nSPS) is 19.6. The van der Waals surface area contributed by atoms with Gasteiger partial charge in [-0.2, -0.15) is 0 Å². The van der Waals surface area contributed by atoms with Crippen LogP contribution in [0.1, 0.15) is 39.5 Å². The lowest BCUT2D eigenvalue weighted by Crippen LogP contribution is -2.40. The predicted molar refractivity (Wildman–Crippen MR) is 72.8 cm³/mol. The van der Waals surface area contributed by atoms with Crippen LogP contribution in [0.4, 0.5) is 8.78 Å². The first kappa shape index (κ1) is 14.9. The molecule has 1 aliphatic carbocycles. The number of carbonyl (C=O) groups excluding carboxylic acids is 1.